The molecule has 82 valence electrons. The van der Waals surface area contributed by atoms with Crippen LogP contribution in [0.25, 0.3) is 0 Å². The van der Waals surface area contributed by atoms with Crippen LogP contribution in [0.15, 0.2) is 0 Å². The number of hydrogen-bond donors (Lipinski definition) is 0. The van der Waals surface area contributed by atoms with E-state index in [2.05, 4.69) is 25.7 Å². The Morgan fingerprint density at radius 1 is 1.43 bits per heavy atom. The van der Waals surface area contributed by atoms with E-state index in [1.165, 1.54) is 19.4 Å². The second-order valence-corrected chi connectivity index (χ2v) is 4.90. The summed E-state index contributed by atoms with van der Waals surface area (Å²) in [5.41, 5.74) is -0.134. The van der Waals surface area contributed by atoms with E-state index in [9.17, 15) is 4.79 Å². The fourth-order valence-corrected chi connectivity index (χ4v) is 1.71. The third kappa shape index (κ3) is 3.41. The van der Waals surface area contributed by atoms with Crippen LogP contribution in [0.3, 0.4) is 0 Å². The second-order valence-electron chi connectivity index (χ2n) is 4.90. The van der Waals surface area contributed by atoms with Gasteiger partial charge in [0, 0.05) is 18.5 Å². The maximum Gasteiger partial charge on any atom is 0.127 e. The molecule has 0 radical (unpaired) electrons. The number of aldehydes is 1. The first-order valence-corrected chi connectivity index (χ1v) is 5.82. The zero-order chi connectivity index (χ0) is 10.6. The van der Waals surface area contributed by atoms with Crippen molar-refractivity contribution in [2.45, 2.75) is 40.0 Å². The maximum atomic E-state index is 11.0. The van der Waals surface area contributed by atoms with Crippen molar-refractivity contribution >= 4 is 6.29 Å². The molecule has 1 unspecified atom stereocenters. The van der Waals surface area contributed by atoms with E-state index < -0.39 is 0 Å². The Bertz CT molecular complexity index is 189. The lowest BCUT2D eigenvalue weighted by molar-refractivity contribution is -0.116. The van der Waals surface area contributed by atoms with Crippen molar-refractivity contribution in [2.24, 2.45) is 11.3 Å². The molecule has 2 nitrogen and oxygen atoms in total. The Labute approximate surface area is 87.7 Å². The van der Waals surface area contributed by atoms with Crippen LogP contribution >= 0.6 is 0 Å². The van der Waals surface area contributed by atoms with E-state index >= 15 is 0 Å². The Balaban J connectivity index is 2.39. The van der Waals surface area contributed by atoms with Gasteiger partial charge in [0.05, 0.1) is 0 Å². The minimum Gasteiger partial charge on any atom is -0.303 e. The SMILES string of the molecule is CCN(CC1CC1)CC(C)(C=O)CC. The zero-order valence-corrected chi connectivity index (χ0v) is 9.75. The fraction of sp³-hybridized carbons (Fsp3) is 0.917. The lowest BCUT2D eigenvalue weighted by atomic mass is 9.89. The summed E-state index contributed by atoms with van der Waals surface area (Å²) >= 11 is 0. The largest absolute Gasteiger partial charge is 0.303 e. The summed E-state index contributed by atoms with van der Waals surface area (Å²) in [5.74, 6) is 0.919. The molecule has 0 spiro atoms. The lowest BCUT2D eigenvalue weighted by Gasteiger charge is -2.30. The second kappa shape index (κ2) is 4.92. The van der Waals surface area contributed by atoms with Gasteiger partial charge >= 0.3 is 0 Å². The predicted octanol–water partition coefficient (Wildman–Crippen LogP) is 2.33. The molecule has 1 saturated carbocycles. The molecule has 0 aliphatic heterocycles. The smallest absolute Gasteiger partial charge is 0.127 e. The van der Waals surface area contributed by atoms with Gasteiger partial charge in [-0.05, 0) is 31.7 Å². The molecule has 1 aliphatic carbocycles. The van der Waals surface area contributed by atoms with Gasteiger partial charge in [0.25, 0.3) is 0 Å². The van der Waals surface area contributed by atoms with Crippen molar-refractivity contribution in [1.29, 1.82) is 0 Å². The number of carbonyl (C=O) groups is 1. The highest BCUT2D eigenvalue weighted by Crippen LogP contribution is 2.30. The first-order chi connectivity index (χ1) is 6.63. The molecule has 0 aromatic carbocycles. The van der Waals surface area contributed by atoms with Crippen LogP contribution in [0, 0.1) is 11.3 Å². The third-order valence-corrected chi connectivity index (χ3v) is 3.34. The molecule has 0 heterocycles. The van der Waals surface area contributed by atoms with Crippen LogP contribution in [0.4, 0.5) is 0 Å². The molecule has 0 N–H and O–H groups in total. The lowest BCUT2D eigenvalue weighted by Crippen LogP contribution is -2.37. The maximum absolute atomic E-state index is 11.0. The monoisotopic (exact) mass is 197 g/mol. The number of rotatable bonds is 7. The van der Waals surface area contributed by atoms with Gasteiger partial charge in [0.15, 0.2) is 0 Å². The topological polar surface area (TPSA) is 20.3 Å². The Morgan fingerprint density at radius 3 is 2.43 bits per heavy atom. The Hall–Kier alpha value is -0.370. The first-order valence-electron chi connectivity index (χ1n) is 5.82. The van der Waals surface area contributed by atoms with Gasteiger partial charge in [-0.25, -0.2) is 0 Å². The summed E-state index contributed by atoms with van der Waals surface area (Å²) < 4.78 is 0. The molecule has 2 heteroatoms. The predicted molar refractivity (Wildman–Crippen MR) is 59.3 cm³/mol. The average molecular weight is 197 g/mol. The van der Waals surface area contributed by atoms with Crippen LogP contribution in [0.2, 0.25) is 0 Å². The Kier molecular flexibility index (Phi) is 4.11. The van der Waals surface area contributed by atoms with Gasteiger partial charge in [0.2, 0.25) is 0 Å². The van der Waals surface area contributed by atoms with Crippen molar-refractivity contribution < 1.29 is 4.79 Å². The Morgan fingerprint density at radius 2 is 2.07 bits per heavy atom. The molecule has 0 bridgehead atoms. The van der Waals surface area contributed by atoms with Crippen molar-refractivity contribution in [3.05, 3.63) is 0 Å². The molecule has 0 aromatic rings. The summed E-state index contributed by atoms with van der Waals surface area (Å²) in [5, 5.41) is 0. The van der Waals surface area contributed by atoms with Gasteiger partial charge < -0.3 is 9.69 Å². The molecule has 0 aromatic heterocycles. The van der Waals surface area contributed by atoms with Crippen LogP contribution in [-0.4, -0.2) is 30.8 Å². The fourth-order valence-electron chi connectivity index (χ4n) is 1.71. The average Bonchev–Trinajstić information content (AvgIpc) is 3.00. The van der Waals surface area contributed by atoms with E-state index in [0.717, 1.165) is 31.7 Å². The molecule has 14 heavy (non-hydrogen) atoms. The van der Waals surface area contributed by atoms with E-state index in [-0.39, 0.29) is 5.41 Å². The van der Waals surface area contributed by atoms with E-state index in [1.54, 1.807) is 0 Å². The van der Waals surface area contributed by atoms with Crippen molar-refractivity contribution in [3.63, 3.8) is 0 Å². The first kappa shape index (κ1) is 11.7. The van der Waals surface area contributed by atoms with Gasteiger partial charge in [-0.1, -0.05) is 20.8 Å². The number of nitrogens with zero attached hydrogens (tertiary/aromatic N) is 1. The summed E-state index contributed by atoms with van der Waals surface area (Å²) in [4.78, 5) is 13.4. The minimum absolute atomic E-state index is 0.134. The molecule has 0 saturated heterocycles. The van der Waals surface area contributed by atoms with Crippen LogP contribution < -0.4 is 0 Å². The standard InChI is InChI=1S/C12H23NO/c1-4-12(3,10-14)9-13(5-2)8-11-6-7-11/h10-11H,4-9H2,1-3H3. The molecule has 1 rings (SSSR count). The summed E-state index contributed by atoms with van der Waals surface area (Å²) in [6.07, 6.45) is 4.85. The quantitative estimate of drug-likeness (QED) is 0.584. The molecular weight excluding hydrogens is 174 g/mol. The van der Waals surface area contributed by atoms with Gasteiger partial charge in [0.1, 0.15) is 6.29 Å². The van der Waals surface area contributed by atoms with E-state index in [4.69, 9.17) is 0 Å². The number of hydrogen-bond acceptors (Lipinski definition) is 2. The van der Waals surface area contributed by atoms with Crippen LogP contribution in [0.5, 0.6) is 0 Å². The molecule has 1 atom stereocenters. The van der Waals surface area contributed by atoms with E-state index in [0.29, 0.717) is 0 Å². The van der Waals surface area contributed by atoms with E-state index in [1.807, 2.05) is 0 Å². The van der Waals surface area contributed by atoms with Crippen LogP contribution in [-0.2, 0) is 4.79 Å². The summed E-state index contributed by atoms with van der Waals surface area (Å²) in [6, 6.07) is 0. The van der Waals surface area contributed by atoms with Crippen molar-refractivity contribution in [3.8, 4) is 0 Å². The third-order valence-electron chi connectivity index (χ3n) is 3.34. The normalized spacial score (nSPS) is 20.9. The molecule has 1 aliphatic rings. The highest BCUT2D eigenvalue weighted by atomic mass is 16.1. The van der Waals surface area contributed by atoms with Crippen LogP contribution in [0.1, 0.15) is 40.0 Å². The van der Waals surface area contributed by atoms with Gasteiger partial charge in [-0.2, -0.15) is 0 Å². The molecular formula is C12H23NO. The van der Waals surface area contributed by atoms with Crippen molar-refractivity contribution in [1.82, 2.24) is 4.90 Å². The van der Waals surface area contributed by atoms with Crippen molar-refractivity contribution in [2.75, 3.05) is 19.6 Å². The molecule has 0 amide bonds. The van der Waals surface area contributed by atoms with Gasteiger partial charge in [-0.15, -0.1) is 0 Å². The number of carbonyl (C=O) groups excluding carboxylic acids is 1. The van der Waals surface area contributed by atoms with Gasteiger partial charge in [-0.3, -0.25) is 0 Å². The molecule has 1 fully saturated rings. The summed E-state index contributed by atoms with van der Waals surface area (Å²) in [7, 11) is 0. The highest BCUT2D eigenvalue weighted by molar-refractivity contribution is 5.58. The summed E-state index contributed by atoms with van der Waals surface area (Å²) in [6.45, 7) is 9.54. The minimum atomic E-state index is -0.134. The zero-order valence-electron chi connectivity index (χ0n) is 9.75. The highest BCUT2D eigenvalue weighted by Gasteiger charge is 2.28.